The third-order valence-electron chi connectivity index (χ3n) is 6.29. The molecule has 1 unspecified atom stereocenters. The molecule has 1 aliphatic heterocycles. The number of nitrogens with zero attached hydrogens (tertiary/aromatic N) is 2. The predicted molar refractivity (Wildman–Crippen MR) is 144 cm³/mol. The second-order valence-electron chi connectivity index (χ2n) is 9.64. The molecule has 4 rings (SSSR count). The van der Waals surface area contributed by atoms with E-state index in [-0.39, 0.29) is 17.4 Å². The molecule has 3 aromatic rings. The topological polar surface area (TPSA) is 70.1 Å². The van der Waals surface area contributed by atoms with Gasteiger partial charge < -0.3 is 14.7 Å². The second kappa shape index (κ2) is 9.90. The standard InChI is InChI=1S/C30H32N2O4/c1-18(2)36-25-16-11-22(17-20(25)4)28(33)26-27(21-9-14-23(15-10-21)31(5)6)32(30(35)29(26)34)24-12-7-19(3)8-13-24/h7-18,27,33H,1-6H3/b28-26-. The van der Waals surface area contributed by atoms with Crippen LogP contribution >= 0.6 is 0 Å². The molecule has 1 fully saturated rings. The van der Waals surface area contributed by atoms with E-state index < -0.39 is 17.7 Å². The van der Waals surface area contributed by atoms with E-state index in [0.29, 0.717) is 17.0 Å². The number of ketones is 1. The summed E-state index contributed by atoms with van der Waals surface area (Å²) in [6.07, 6.45) is 0.00752. The van der Waals surface area contributed by atoms with Crippen molar-refractivity contribution in [3.05, 3.63) is 94.6 Å². The zero-order valence-corrected chi connectivity index (χ0v) is 21.6. The average Bonchev–Trinajstić information content (AvgIpc) is 3.10. The van der Waals surface area contributed by atoms with Gasteiger partial charge in [-0.3, -0.25) is 14.5 Å². The summed E-state index contributed by atoms with van der Waals surface area (Å²) in [5.74, 6) is -0.880. The van der Waals surface area contributed by atoms with Crippen LogP contribution in [0.25, 0.3) is 5.76 Å². The van der Waals surface area contributed by atoms with Crippen molar-refractivity contribution in [1.82, 2.24) is 0 Å². The van der Waals surface area contributed by atoms with Gasteiger partial charge in [-0.1, -0.05) is 29.8 Å². The van der Waals surface area contributed by atoms with Crippen LogP contribution in [0.5, 0.6) is 5.75 Å². The minimum absolute atomic E-state index is 0.00752. The van der Waals surface area contributed by atoms with Gasteiger partial charge in [0.1, 0.15) is 11.5 Å². The number of Topliss-reactive ketones (excluding diaryl/α,β-unsaturated/α-hetero) is 1. The number of carbonyl (C=O) groups is 2. The SMILES string of the molecule is Cc1ccc(N2C(=O)C(=O)/C(=C(\O)c3ccc(OC(C)C)c(C)c3)C2c2ccc(N(C)C)cc2)cc1. The third kappa shape index (κ3) is 4.71. The van der Waals surface area contributed by atoms with Crippen molar-refractivity contribution in [2.24, 2.45) is 0 Å². The maximum Gasteiger partial charge on any atom is 0.300 e. The van der Waals surface area contributed by atoms with Gasteiger partial charge in [0.2, 0.25) is 0 Å². The molecule has 1 aliphatic rings. The average molecular weight is 485 g/mol. The Balaban J connectivity index is 1.88. The summed E-state index contributed by atoms with van der Waals surface area (Å²) >= 11 is 0. The maximum absolute atomic E-state index is 13.4. The Morgan fingerprint density at radius 3 is 2.14 bits per heavy atom. The number of ether oxygens (including phenoxy) is 1. The fourth-order valence-electron chi connectivity index (χ4n) is 4.41. The summed E-state index contributed by atoms with van der Waals surface area (Å²) in [5, 5.41) is 11.4. The Kier molecular flexibility index (Phi) is 6.88. The zero-order chi connectivity index (χ0) is 26.1. The predicted octanol–water partition coefficient (Wildman–Crippen LogP) is 5.78. The Hall–Kier alpha value is -4.06. The van der Waals surface area contributed by atoms with Gasteiger partial charge in [-0.15, -0.1) is 0 Å². The number of aliphatic hydroxyl groups is 1. The maximum atomic E-state index is 13.4. The Morgan fingerprint density at radius 2 is 1.58 bits per heavy atom. The highest BCUT2D eigenvalue weighted by Gasteiger charge is 2.47. The molecule has 0 aromatic heterocycles. The van der Waals surface area contributed by atoms with Gasteiger partial charge in [0.05, 0.1) is 17.7 Å². The molecule has 6 nitrogen and oxygen atoms in total. The molecule has 1 saturated heterocycles. The van der Waals surface area contributed by atoms with Crippen LogP contribution in [0.4, 0.5) is 11.4 Å². The lowest BCUT2D eigenvalue weighted by Crippen LogP contribution is -2.29. The van der Waals surface area contributed by atoms with E-state index in [0.717, 1.165) is 22.4 Å². The van der Waals surface area contributed by atoms with Crippen molar-refractivity contribution in [1.29, 1.82) is 0 Å². The summed E-state index contributed by atoms with van der Waals surface area (Å²) in [6.45, 7) is 7.74. The van der Waals surface area contributed by atoms with Gasteiger partial charge in [0.15, 0.2) is 0 Å². The second-order valence-corrected chi connectivity index (χ2v) is 9.64. The molecule has 0 aliphatic carbocycles. The lowest BCUT2D eigenvalue weighted by molar-refractivity contribution is -0.132. The first-order chi connectivity index (χ1) is 17.1. The van der Waals surface area contributed by atoms with Crippen molar-refractivity contribution < 1.29 is 19.4 Å². The highest BCUT2D eigenvalue weighted by Crippen LogP contribution is 2.42. The smallest absolute Gasteiger partial charge is 0.300 e. The molecule has 1 amide bonds. The zero-order valence-electron chi connectivity index (χ0n) is 21.6. The summed E-state index contributed by atoms with van der Waals surface area (Å²) in [7, 11) is 3.89. The molecule has 1 N–H and O–H groups in total. The molecule has 0 radical (unpaired) electrons. The molecule has 3 aromatic carbocycles. The molecule has 36 heavy (non-hydrogen) atoms. The number of aryl methyl sites for hydroxylation is 2. The Labute approximate surface area is 212 Å². The Morgan fingerprint density at radius 1 is 0.944 bits per heavy atom. The van der Waals surface area contributed by atoms with E-state index in [1.165, 1.54) is 4.90 Å². The molecular formula is C30H32N2O4. The van der Waals surface area contributed by atoms with Crippen LogP contribution in [0.2, 0.25) is 0 Å². The van der Waals surface area contributed by atoms with E-state index in [4.69, 9.17) is 4.74 Å². The van der Waals surface area contributed by atoms with Crippen LogP contribution in [0.3, 0.4) is 0 Å². The van der Waals surface area contributed by atoms with Crippen LogP contribution in [0, 0.1) is 13.8 Å². The van der Waals surface area contributed by atoms with Gasteiger partial charge in [-0.05, 0) is 81.3 Å². The number of hydrogen-bond acceptors (Lipinski definition) is 5. The van der Waals surface area contributed by atoms with Crippen LogP contribution in [-0.2, 0) is 9.59 Å². The van der Waals surface area contributed by atoms with E-state index in [9.17, 15) is 14.7 Å². The molecule has 0 bridgehead atoms. The molecule has 0 spiro atoms. The molecule has 1 heterocycles. The number of benzene rings is 3. The normalized spacial score (nSPS) is 17.1. The number of hydrogen-bond donors (Lipinski definition) is 1. The van der Waals surface area contributed by atoms with Gasteiger partial charge in [-0.25, -0.2) is 0 Å². The highest BCUT2D eigenvalue weighted by molar-refractivity contribution is 6.51. The quantitative estimate of drug-likeness (QED) is 0.273. The van der Waals surface area contributed by atoms with Crippen LogP contribution in [-0.4, -0.2) is 37.0 Å². The Bertz CT molecular complexity index is 1320. The largest absolute Gasteiger partial charge is 0.507 e. The lowest BCUT2D eigenvalue weighted by atomic mass is 9.94. The van der Waals surface area contributed by atoms with Crippen LogP contribution in [0.15, 0.2) is 72.3 Å². The summed E-state index contributed by atoms with van der Waals surface area (Å²) < 4.78 is 5.82. The van der Waals surface area contributed by atoms with Crippen molar-refractivity contribution in [3.63, 3.8) is 0 Å². The first-order valence-corrected chi connectivity index (χ1v) is 12.0. The van der Waals surface area contributed by atoms with Crippen molar-refractivity contribution in [2.75, 3.05) is 23.9 Å². The summed E-state index contributed by atoms with van der Waals surface area (Å²) in [6, 6.07) is 19.6. The molecule has 1 atom stereocenters. The van der Waals surface area contributed by atoms with Gasteiger partial charge in [0.25, 0.3) is 11.7 Å². The fraction of sp³-hybridized carbons (Fsp3) is 0.267. The van der Waals surface area contributed by atoms with E-state index in [2.05, 4.69) is 0 Å². The molecule has 186 valence electrons. The summed E-state index contributed by atoms with van der Waals surface area (Å²) in [5.41, 5.74) is 4.71. The van der Waals surface area contributed by atoms with Crippen LogP contribution in [0.1, 0.15) is 42.1 Å². The van der Waals surface area contributed by atoms with Crippen molar-refractivity contribution >= 4 is 28.8 Å². The number of amides is 1. The number of anilines is 2. The molecule has 0 saturated carbocycles. The minimum Gasteiger partial charge on any atom is -0.507 e. The number of carbonyl (C=O) groups excluding carboxylic acids is 2. The van der Waals surface area contributed by atoms with Gasteiger partial charge in [-0.2, -0.15) is 0 Å². The van der Waals surface area contributed by atoms with Crippen molar-refractivity contribution in [2.45, 2.75) is 39.8 Å². The first kappa shape index (κ1) is 25.0. The monoisotopic (exact) mass is 484 g/mol. The van der Waals surface area contributed by atoms with Crippen molar-refractivity contribution in [3.8, 4) is 5.75 Å². The third-order valence-corrected chi connectivity index (χ3v) is 6.29. The minimum atomic E-state index is -0.768. The first-order valence-electron chi connectivity index (χ1n) is 12.0. The van der Waals surface area contributed by atoms with E-state index in [1.807, 2.05) is 95.2 Å². The van der Waals surface area contributed by atoms with Crippen LogP contribution < -0.4 is 14.5 Å². The fourth-order valence-corrected chi connectivity index (χ4v) is 4.41. The molecular weight excluding hydrogens is 452 g/mol. The lowest BCUT2D eigenvalue weighted by Gasteiger charge is -2.26. The van der Waals surface area contributed by atoms with Gasteiger partial charge >= 0.3 is 0 Å². The van der Waals surface area contributed by atoms with E-state index >= 15 is 0 Å². The number of rotatable bonds is 6. The molecule has 6 heteroatoms. The van der Waals surface area contributed by atoms with Gasteiger partial charge in [0, 0.05) is 31.0 Å². The summed E-state index contributed by atoms with van der Waals surface area (Å²) in [4.78, 5) is 30.2. The van der Waals surface area contributed by atoms with E-state index in [1.54, 1.807) is 18.2 Å². The highest BCUT2D eigenvalue weighted by atomic mass is 16.5. The number of aliphatic hydroxyl groups excluding tert-OH is 1.